The first-order valence-corrected chi connectivity index (χ1v) is 2.33. The molecule has 6 heavy (non-hydrogen) atoms. The second kappa shape index (κ2) is 18.7. The van der Waals surface area contributed by atoms with E-state index in [1.54, 1.807) is 14.2 Å². The number of ether oxygens (including phenoxy) is 1. The number of hydrogen-bond donors (Lipinski definition) is 0. The summed E-state index contributed by atoms with van der Waals surface area (Å²) in [7, 11) is 3.25. The Labute approximate surface area is 44.3 Å². The summed E-state index contributed by atoms with van der Waals surface area (Å²) in [5.41, 5.74) is 0. The molecule has 0 heterocycles. The molecule has 0 aromatic rings. The van der Waals surface area contributed by atoms with Crippen LogP contribution in [0.5, 0.6) is 0 Å². The van der Waals surface area contributed by atoms with E-state index in [0.717, 1.165) is 5.88 Å². The highest BCUT2D eigenvalue weighted by Gasteiger charge is 1.38. The Morgan fingerprint density at radius 1 is 1.50 bits per heavy atom. The lowest BCUT2D eigenvalue weighted by atomic mass is 11.0. The van der Waals surface area contributed by atoms with Crippen LogP contribution in [0, 0.1) is 0 Å². The summed E-state index contributed by atoms with van der Waals surface area (Å²) in [6.07, 6.45) is 0. The van der Waals surface area contributed by atoms with Crippen molar-refractivity contribution >= 4 is 11.6 Å². The molecule has 2 heteroatoms. The van der Waals surface area contributed by atoms with E-state index >= 15 is 0 Å². The van der Waals surface area contributed by atoms with E-state index in [4.69, 9.17) is 11.6 Å². The van der Waals surface area contributed by atoms with Gasteiger partial charge in [-0.3, -0.25) is 0 Å². The molecule has 0 saturated carbocycles. The van der Waals surface area contributed by atoms with Crippen molar-refractivity contribution in [3.8, 4) is 0 Å². The van der Waals surface area contributed by atoms with Gasteiger partial charge in [0, 0.05) is 20.1 Å². The fourth-order valence-electron chi connectivity index (χ4n) is 0. The molecule has 0 unspecified atom stereocenters. The average Bonchev–Trinajstić information content (AvgIpc) is 1.39. The zero-order chi connectivity index (χ0) is 5.41. The van der Waals surface area contributed by atoms with Gasteiger partial charge in [-0.15, -0.1) is 11.6 Å². The third-order valence-electron chi connectivity index (χ3n) is 0. The van der Waals surface area contributed by atoms with Crippen LogP contribution in [0.2, 0.25) is 0 Å². The molecular weight excluding hydrogens is 99.5 g/mol. The second-order valence-electron chi connectivity index (χ2n) is 0.676. The summed E-state index contributed by atoms with van der Waals surface area (Å²) in [6, 6.07) is 0. The van der Waals surface area contributed by atoms with E-state index < -0.39 is 0 Å². The molecule has 0 aliphatic heterocycles. The molecular formula is C4H11ClO. The van der Waals surface area contributed by atoms with Gasteiger partial charge in [-0.2, -0.15) is 0 Å². The lowest BCUT2D eigenvalue weighted by molar-refractivity contribution is 0.277. The van der Waals surface area contributed by atoms with Gasteiger partial charge in [-0.1, -0.05) is 6.92 Å². The topological polar surface area (TPSA) is 9.23 Å². The van der Waals surface area contributed by atoms with Crippen molar-refractivity contribution in [3.63, 3.8) is 0 Å². The molecule has 0 aliphatic carbocycles. The van der Waals surface area contributed by atoms with Gasteiger partial charge >= 0.3 is 0 Å². The summed E-state index contributed by atoms with van der Waals surface area (Å²) < 4.78 is 4.25. The van der Waals surface area contributed by atoms with Crippen LogP contribution in [0.4, 0.5) is 0 Å². The van der Waals surface area contributed by atoms with Crippen LogP contribution in [0.25, 0.3) is 0 Å². The van der Waals surface area contributed by atoms with E-state index in [2.05, 4.69) is 4.74 Å². The van der Waals surface area contributed by atoms with E-state index in [1.807, 2.05) is 6.92 Å². The van der Waals surface area contributed by atoms with Crippen molar-refractivity contribution < 1.29 is 4.74 Å². The number of alkyl halides is 1. The van der Waals surface area contributed by atoms with Gasteiger partial charge in [0.25, 0.3) is 0 Å². The quantitative estimate of drug-likeness (QED) is 0.430. The molecule has 0 aliphatic rings. The maximum absolute atomic E-state index is 5.00. The third kappa shape index (κ3) is 718. The minimum atomic E-state index is 0.722. The highest BCUT2D eigenvalue weighted by molar-refractivity contribution is 6.17. The Morgan fingerprint density at radius 2 is 1.50 bits per heavy atom. The molecule has 0 amide bonds. The van der Waals surface area contributed by atoms with Gasteiger partial charge in [0.05, 0.1) is 0 Å². The number of halogens is 1. The summed E-state index contributed by atoms with van der Waals surface area (Å²) in [5, 5.41) is 0. The Morgan fingerprint density at radius 3 is 1.50 bits per heavy atom. The second-order valence-corrected chi connectivity index (χ2v) is 1.21. The first kappa shape index (κ1) is 9.54. The summed E-state index contributed by atoms with van der Waals surface area (Å²) in [6.45, 7) is 1.89. The van der Waals surface area contributed by atoms with Crippen molar-refractivity contribution in [2.24, 2.45) is 0 Å². The van der Waals surface area contributed by atoms with Gasteiger partial charge in [-0.05, 0) is 0 Å². The monoisotopic (exact) mass is 110 g/mol. The average molecular weight is 111 g/mol. The van der Waals surface area contributed by atoms with Gasteiger partial charge in [0.15, 0.2) is 0 Å². The van der Waals surface area contributed by atoms with E-state index in [0.29, 0.717) is 0 Å². The summed E-state index contributed by atoms with van der Waals surface area (Å²) in [5.74, 6) is 0.722. The molecule has 0 aromatic heterocycles. The molecule has 0 radical (unpaired) electrons. The number of methoxy groups -OCH3 is 1. The van der Waals surface area contributed by atoms with Crippen LogP contribution in [-0.2, 0) is 4.74 Å². The summed E-state index contributed by atoms with van der Waals surface area (Å²) >= 11 is 5.00. The van der Waals surface area contributed by atoms with Crippen LogP contribution < -0.4 is 0 Å². The Hall–Kier alpha value is 0.250. The maximum atomic E-state index is 5.00. The van der Waals surface area contributed by atoms with Gasteiger partial charge in [0.2, 0.25) is 0 Å². The van der Waals surface area contributed by atoms with E-state index in [1.165, 1.54) is 0 Å². The zero-order valence-electron chi connectivity index (χ0n) is 4.49. The van der Waals surface area contributed by atoms with E-state index in [-0.39, 0.29) is 0 Å². The predicted octanol–water partition coefficient (Wildman–Crippen LogP) is 1.51. The molecule has 0 N–H and O–H groups in total. The lowest BCUT2D eigenvalue weighted by Gasteiger charge is -1.61. The molecule has 1 nitrogen and oxygen atoms in total. The Bertz CT molecular complexity index is 9.51. The van der Waals surface area contributed by atoms with Gasteiger partial charge in [-0.25, -0.2) is 0 Å². The van der Waals surface area contributed by atoms with E-state index in [9.17, 15) is 0 Å². The van der Waals surface area contributed by atoms with Crippen LogP contribution in [0.3, 0.4) is 0 Å². The standard InChI is InChI=1S/C2H5Cl.C2H6O/c1-2-3;1-3-2/h2H2,1H3;1-2H3. The minimum absolute atomic E-state index is 0.722. The highest BCUT2D eigenvalue weighted by atomic mass is 35.5. The SMILES string of the molecule is CCCl.COC. The predicted molar refractivity (Wildman–Crippen MR) is 29.3 cm³/mol. The minimum Gasteiger partial charge on any atom is -0.388 e. The summed E-state index contributed by atoms with van der Waals surface area (Å²) in [4.78, 5) is 0. The molecule has 0 aromatic carbocycles. The fourth-order valence-corrected chi connectivity index (χ4v) is 0. The Balaban J connectivity index is 0. The van der Waals surface area contributed by atoms with Crippen LogP contribution >= 0.6 is 11.6 Å². The zero-order valence-corrected chi connectivity index (χ0v) is 5.25. The van der Waals surface area contributed by atoms with Crippen molar-refractivity contribution in [2.45, 2.75) is 6.92 Å². The van der Waals surface area contributed by atoms with Crippen molar-refractivity contribution in [3.05, 3.63) is 0 Å². The molecule has 0 fully saturated rings. The van der Waals surface area contributed by atoms with Crippen molar-refractivity contribution in [1.29, 1.82) is 0 Å². The lowest BCUT2D eigenvalue weighted by Crippen LogP contribution is -1.55. The number of hydrogen-bond acceptors (Lipinski definition) is 1. The molecule has 0 saturated heterocycles. The first-order valence-electron chi connectivity index (χ1n) is 1.79. The van der Waals surface area contributed by atoms with Crippen molar-refractivity contribution in [1.82, 2.24) is 0 Å². The largest absolute Gasteiger partial charge is 0.388 e. The maximum Gasteiger partial charge on any atom is 0.0351 e. The molecule has 0 rings (SSSR count). The highest BCUT2D eigenvalue weighted by Crippen LogP contribution is 1.59. The Kier molecular flexibility index (Phi) is 29.8. The van der Waals surface area contributed by atoms with Crippen LogP contribution in [0.1, 0.15) is 6.92 Å². The molecule has 0 atom stereocenters. The normalized spacial score (nSPS) is 6.00. The third-order valence-corrected chi connectivity index (χ3v) is 0. The van der Waals surface area contributed by atoms with Crippen LogP contribution in [-0.4, -0.2) is 20.1 Å². The number of rotatable bonds is 0. The fraction of sp³-hybridized carbons (Fsp3) is 1.00. The van der Waals surface area contributed by atoms with Crippen molar-refractivity contribution in [2.75, 3.05) is 20.1 Å². The van der Waals surface area contributed by atoms with Gasteiger partial charge < -0.3 is 4.74 Å². The van der Waals surface area contributed by atoms with Crippen LogP contribution in [0.15, 0.2) is 0 Å². The first-order chi connectivity index (χ1) is 2.83. The smallest absolute Gasteiger partial charge is 0.0351 e. The molecule has 0 bridgehead atoms. The molecule has 40 valence electrons. The van der Waals surface area contributed by atoms with Gasteiger partial charge in [0.1, 0.15) is 0 Å². The molecule has 0 spiro atoms.